The Bertz CT molecular complexity index is 687. The van der Waals surface area contributed by atoms with Gasteiger partial charge < -0.3 is 10.1 Å². The summed E-state index contributed by atoms with van der Waals surface area (Å²) in [6, 6.07) is 17.7. The number of hydrogen-bond donors (Lipinski definition) is 2. The first-order valence-electron chi connectivity index (χ1n) is 8.57. The Morgan fingerprint density at radius 3 is 2.16 bits per heavy atom. The van der Waals surface area contributed by atoms with E-state index in [1.165, 1.54) is 0 Å². The summed E-state index contributed by atoms with van der Waals surface area (Å²) >= 11 is 0. The molecule has 1 fully saturated rings. The molecule has 1 aliphatic heterocycles. The molecule has 0 aromatic heterocycles. The minimum absolute atomic E-state index is 0.218. The van der Waals surface area contributed by atoms with Crippen LogP contribution >= 0.6 is 7.29 Å². The van der Waals surface area contributed by atoms with Crippen LogP contribution in [0.4, 0.5) is 4.79 Å². The van der Waals surface area contributed by atoms with E-state index in [0.29, 0.717) is 17.2 Å². The molecule has 132 valence electrons. The molecule has 2 aromatic rings. The van der Waals surface area contributed by atoms with Crippen molar-refractivity contribution >= 4 is 23.9 Å². The third kappa shape index (κ3) is 4.50. The van der Waals surface area contributed by atoms with Gasteiger partial charge in [0.15, 0.2) is 0 Å². The Kier molecular flexibility index (Phi) is 5.90. The van der Waals surface area contributed by atoms with Crippen molar-refractivity contribution in [2.45, 2.75) is 25.4 Å². The van der Waals surface area contributed by atoms with Gasteiger partial charge in [0.05, 0.1) is 6.10 Å². The van der Waals surface area contributed by atoms with Crippen LogP contribution in [0.5, 0.6) is 0 Å². The van der Waals surface area contributed by atoms with E-state index in [1.54, 1.807) is 24.3 Å². The predicted octanol–water partition coefficient (Wildman–Crippen LogP) is 2.78. The van der Waals surface area contributed by atoms with Crippen LogP contribution in [0.3, 0.4) is 0 Å². The lowest BCUT2D eigenvalue weighted by Crippen LogP contribution is -2.39. The van der Waals surface area contributed by atoms with Crippen LogP contribution in [0, 0.1) is 0 Å². The molecule has 6 heteroatoms. The summed E-state index contributed by atoms with van der Waals surface area (Å²) in [7, 11) is -3.24. The quantitative estimate of drug-likeness (QED) is 0.781. The molecule has 0 spiro atoms. The van der Waals surface area contributed by atoms with Crippen LogP contribution in [0.25, 0.3) is 0 Å². The molecule has 0 bridgehead atoms. The summed E-state index contributed by atoms with van der Waals surface area (Å²) in [4.78, 5) is 12.3. The number of rotatable bonds is 6. The fourth-order valence-corrected chi connectivity index (χ4v) is 5.06. The van der Waals surface area contributed by atoms with Gasteiger partial charge in [0.1, 0.15) is 0 Å². The number of carbonyl (C=O) groups excluding carboxylic acids is 1. The lowest BCUT2D eigenvalue weighted by atomic mass is 10.2. The molecule has 2 aromatic carbocycles. The summed E-state index contributed by atoms with van der Waals surface area (Å²) < 4.78 is 19.2. The number of carbonyl (C=O) groups is 1. The number of urea groups is 1. The van der Waals surface area contributed by atoms with Crippen molar-refractivity contribution in [3.8, 4) is 0 Å². The van der Waals surface area contributed by atoms with Gasteiger partial charge in [0.2, 0.25) is 7.29 Å². The molecular formula is C19H23N2O3P. The van der Waals surface area contributed by atoms with Crippen LogP contribution in [-0.4, -0.2) is 25.3 Å². The second-order valence-electron chi connectivity index (χ2n) is 6.07. The van der Waals surface area contributed by atoms with Gasteiger partial charge in [-0.1, -0.05) is 36.4 Å². The lowest BCUT2D eigenvalue weighted by Gasteiger charge is -2.21. The van der Waals surface area contributed by atoms with E-state index in [1.807, 2.05) is 36.4 Å². The molecule has 1 atom stereocenters. The molecule has 0 radical (unpaired) electrons. The summed E-state index contributed by atoms with van der Waals surface area (Å²) in [5, 5.41) is 6.73. The molecule has 5 nitrogen and oxygen atoms in total. The third-order valence-electron chi connectivity index (χ3n) is 4.27. The van der Waals surface area contributed by atoms with Crippen LogP contribution in [-0.2, 0) is 9.30 Å². The zero-order valence-electron chi connectivity index (χ0n) is 14.1. The van der Waals surface area contributed by atoms with Gasteiger partial charge in [0, 0.05) is 23.8 Å². The molecule has 0 saturated carbocycles. The van der Waals surface area contributed by atoms with Crippen molar-refractivity contribution in [2.24, 2.45) is 0 Å². The van der Waals surface area contributed by atoms with Gasteiger partial charge in [-0.3, -0.25) is 9.65 Å². The van der Waals surface area contributed by atoms with Crippen molar-refractivity contribution < 1.29 is 14.1 Å². The molecular weight excluding hydrogens is 335 g/mol. The SMILES string of the molecule is O=C(NCCC1CCCO1)NP(=O)(c1ccccc1)c1ccccc1. The van der Waals surface area contributed by atoms with Gasteiger partial charge in [-0.25, -0.2) is 4.79 Å². The van der Waals surface area contributed by atoms with Crippen molar-refractivity contribution in [3.05, 3.63) is 60.7 Å². The largest absolute Gasteiger partial charge is 0.378 e. The second kappa shape index (κ2) is 8.32. The van der Waals surface area contributed by atoms with E-state index in [9.17, 15) is 9.36 Å². The molecule has 3 rings (SSSR count). The first-order valence-corrected chi connectivity index (χ1v) is 10.3. The van der Waals surface area contributed by atoms with Gasteiger partial charge >= 0.3 is 6.03 Å². The zero-order chi connectivity index (χ0) is 17.5. The van der Waals surface area contributed by atoms with Gasteiger partial charge in [0.25, 0.3) is 0 Å². The maximum atomic E-state index is 13.6. The van der Waals surface area contributed by atoms with E-state index in [0.717, 1.165) is 25.9 Å². The Morgan fingerprint density at radius 2 is 1.64 bits per heavy atom. The van der Waals surface area contributed by atoms with Crippen LogP contribution in [0.15, 0.2) is 60.7 Å². The van der Waals surface area contributed by atoms with E-state index < -0.39 is 13.3 Å². The van der Waals surface area contributed by atoms with E-state index in [2.05, 4.69) is 10.4 Å². The highest BCUT2D eigenvalue weighted by Gasteiger charge is 2.29. The molecule has 1 heterocycles. The number of hydrogen-bond acceptors (Lipinski definition) is 3. The molecule has 25 heavy (non-hydrogen) atoms. The predicted molar refractivity (Wildman–Crippen MR) is 99.9 cm³/mol. The van der Waals surface area contributed by atoms with Gasteiger partial charge in [-0.15, -0.1) is 0 Å². The minimum Gasteiger partial charge on any atom is -0.378 e. The molecule has 2 N–H and O–H groups in total. The summed E-state index contributed by atoms with van der Waals surface area (Å²) in [6.45, 7) is 1.30. The number of nitrogens with one attached hydrogen (secondary N) is 2. The van der Waals surface area contributed by atoms with E-state index in [-0.39, 0.29) is 6.10 Å². The highest BCUT2D eigenvalue weighted by atomic mass is 31.2. The molecule has 2 amide bonds. The standard InChI is InChI=1S/C19H23N2O3P/c22-19(20-14-13-16-8-7-15-24-16)21-25(23,17-9-3-1-4-10-17)18-11-5-2-6-12-18/h1-6,9-12,16H,7-8,13-15H2,(H2,20,21,22,23). The van der Waals surface area contributed by atoms with E-state index in [4.69, 9.17) is 4.74 Å². The third-order valence-corrected chi connectivity index (χ3v) is 6.84. The summed E-state index contributed by atoms with van der Waals surface area (Å²) in [6.07, 6.45) is 3.11. The zero-order valence-corrected chi connectivity index (χ0v) is 15.0. The second-order valence-corrected chi connectivity index (χ2v) is 8.55. The Hall–Kier alpha value is -2.10. The van der Waals surface area contributed by atoms with Crippen molar-refractivity contribution in [1.82, 2.24) is 10.4 Å². The fourth-order valence-electron chi connectivity index (χ4n) is 2.96. The smallest absolute Gasteiger partial charge is 0.320 e. The first kappa shape index (κ1) is 17.7. The number of amides is 2. The average Bonchev–Trinajstić information content (AvgIpc) is 3.16. The maximum Gasteiger partial charge on any atom is 0.320 e. The minimum atomic E-state index is -3.24. The maximum absolute atomic E-state index is 13.6. The summed E-state index contributed by atoms with van der Waals surface area (Å²) in [5.41, 5.74) is 0. The van der Waals surface area contributed by atoms with Crippen LogP contribution in [0.1, 0.15) is 19.3 Å². The van der Waals surface area contributed by atoms with Crippen molar-refractivity contribution in [2.75, 3.05) is 13.2 Å². The monoisotopic (exact) mass is 358 g/mol. The summed E-state index contributed by atoms with van der Waals surface area (Å²) in [5.74, 6) is 0. The molecule has 1 unspecified atom stereocenters. The van der Waals surface area contributed by atoms with Gasteiger partial charge in [-0.2, -0.15) is 0 Å². The normalized spacial score (nSPS) is 17.2. The number of benzene rings is 2. The molecule has 1 saturated heterocycles. The Morgan fingerprint density at radius 1 is 1.04 bits per heavy atom. The topological polar surface area (TPSA) is 67.4 Å². The van der Waals surface area contributed by atoms with Crippen LogP contribution in [0.2, 0.25) is 0 Å². The molecule has 1 aliphatic rings. The average molecular weight is 358 g/mol. The Labute approximate surface area is 148 Å². The number of ether oxygens (including phenoxy) is 1. The van der Waals surface area contributed by atoms with Gasteiger partial charge in [-0.05, 0) is 43.5 Å². The van der Waals surface area contributed by atoms with Crippen LogP contribution < -0.4 is 21.0 Å². The highest BCUT2D eigenvalue weighted by Crippen LogP contribution is 2.38. The van der Waals surface area contributed by atoms with Crippen molar-refractivity contribution in [3.63, 3.8) is 0 Å². The van der Waals surface area contributed by atoms with E-state index >= 15 is 0 Å². The fraction of sp³-hybridized carbons (Fsp3) is 0.316. The lowest BCUT2D eigenvalue weighted by molar-refractivity contribution is 0.105. The first-order chi connectivity index (χ1) is 12.2. The Balaban J connectivity index is 1.70. The highest BCUT2D eigenvalue weighted by molar-refractivity contribution is 7.77. The molecule has 0 aliphatic carbocycles. The van der Waals surface area contributed by atoms with Crippen molar-refractivity contribution in [1.29, 1.82) is 0 Å².